The fraction of sp³-hybridized carbons (Fsp3) is 0.500. The SMILES string of the molecule is CC(=O)Nc1ccc2c(c1)CCC2CCOS(C)(=O)=O. The van der Waals surface area contributed by atoms with Crippen LogP contribution >= 0.6 is 0 Å². The number of aryl methyl sites for hydroxylation is 1. The van der Waals surface area contributed by atoms with Gasteiger partial charge in [0.05, 0.1) is 12.9 Å². The molecule has 1 aliphatic carbocycles. The Balaban J connectivity index is 2.00. The van der Waals surface area contributed by atoms with Crippen molar-refractivity contribution < 1.29 is 17.4 Å². The minimum Gasteiger partial charge on any atom is -0.326 e. The first-order chi connectivity index (χ1) is 9.35. The Kier molecular flexibility index (Phi) is 4.45. The maximum Gasteiger partial charge on any atom is 0.264 e. The van der Waals surface area contributed by atoms with E-state index < -0.39 is 10.1 Å². The van der Waals surface area contributed by atoms with Gasteiger partial charge in [0.1, 0.15) is 0 Å². The van der Waals surface area contributed by atoms with Gasteiger partial charge < -0.3 is 5.32 Å². The molecule has 0 heterocycles. The van der Waals surface area contributed by atoms with E-state index in [0.717, 1.165) is 24.8 Å². The molecular weight excluding hydrogens is 278 g/mol. The molecule has 0 aliphatic heterocycles. The second-order valence-corrected chi connectivity index (χ2v) is 6.79. The van der Waals surface area contributed by atoms with Gasteiger partial charge in [0, 0.05) is 12.6 Å². The number of benzene rings is 1. The predicted octanol–water partition coefficient (Wildman–Crippen LogP) is 2.04. The van der Waals surface area contributed by atoms with Gasteiger partial charge in [-0.15, -0.1) is 0 Å². The molecule has 2 rings (SSSR count). The van der Waals surface area contributed by atoms with Crippen molar-refractivity contribution >= 4 is 21.7 Å². The number of rotatable bonds is 5. The molecule has 20 heavy (non-hydrogen) atoms. The Morgan fingerprint density at radius 1 is 1.45 bits per heavy atom. The maximum absolute atomic E-state index is 11.0. The molecule has 5 nitrogen and oxygen atoms in total. The Morgan fingerprint density at radius 3 is 2.85 bits per heavy atom. The summed E-state index contributed by atoms with van der Waals surface area (Å²) in [6.07, 6.45) is 3.70. The van der Waals surface area contributed by atoms with E-state index in [-0.39, 0.29) is 12.5 Å². The molecule has 0 saturated heterocycles. The minimum absolute atomic E-state index is 0.0824. The molecule has 1 unspecified atom stereocenters. The van der Waals surface area contributed by atoms with Gasteiger partial charge in [-0.25, -0.2) is 0 Å². The molecule has 0 radical (unpaired) electrons. The zero-order valence-corrected chi connectivity index (χ0v) is 12.5. The zero-order valence-electron chi connectivity index (χ0n) is 11.7. The summed E-state index contributed by atoms with van der Waals surface area (Å²) in [5.74, 6) is 0.249. The second-order valence-electron chi connectivity index (χ2n) is 5.15. The topological polar surface area (TPSA) is 72.5 Å². The molecule has 0 saturated carbocycles. The highest BCUT2D eigenvalue weighted by molar-refractivity contribution is 7.85. The minimum atomic E-state index is -3.36. The number of fused-ring (bicyclic) bond motifs is 1. The zero-order chi connectivity index (χ0) is 14.8. The Labute approximate surface area is 119 Å². The van der Waals surface area contributed by atoms with Crippen molar-refractivity contribution in [1.29, 1.82) is 0 Å². The van der Waals surface area contributed by atoms with Gasteiger partial charge in [0.2, 0.25) is 5.91 Å². The van der Waals surface area contributed by atoms with E-state index in [4.69, 9.17) is 4.18 Å². The molecule has 1 aromatic rings. The monoisotopic (exact) mass is 297 g/mol. The first-order valence-electron chi connectivity index (χ1n) is 6.60. The largest absolute Gasteiger partial charge is 0.326 e. The third-order valence-corrected chi connectivity index (χ3v) is 4.02. The molecule has 0 spiro atoms. The second kappa shape index (κ2) is 5.93. The van der Waals surface area contributed by atoms with E-state index in [0.29, 0.717) is 12.3 Å². The van der Waals surface area contributed by atoms with Crippen LogP contribution in [-0.2, 0) is 25.5 Å². The molecule has 1 aromatic carbocycles. The average Bonchev–Trinajstić information content (AvgIpc) is 2.69. The number of hydrogen-bond acceptors (Lipinski definition) is 4. The van der Waals surface area contributed by atoms with Crippen LogP contribution in [0.4, 0.5) is 5.69 Å². The van der Waals surface area contributed by atoms with Crippen molar-refractivity contribution in [3.63, 3.8) is 0 Å². The first kappa shape index (κ1) is 15.0. The lowest BCUT2D eigenvalue weighted by molar-refractivity contribution is -0.114. The highest BCUT2D eigenvalue weighted by Gasteiger charge is 2.23. The smallest absolute Gasteiger partial charge is 0.264 e. The summed E-state index contributed by atoms with van der Waals surface area (Å²) in [4.78, 5) is 11.0. The van der Waals surface area contributed by atoms with Crippen LogP contribution in [-0.4, -0.2) is 27.2 Å². The summed E-state index contributed by atoms with van der Waals surface area (Å²) in [5.41, 5.74) is 3.26. The van der Waals surface area contributed by atoms with Crippen LogP contribution in [0.1, 0.15) is 36.8 Å². The van der Waals surface area contributed by atoms with Crippen molar-refractivity contribution in [1.82, 2.24) is 0 Å². The molecule has 0 aromatic heterocycles. The van der Waals surface area contributed by atoms with Crippen LogP contribution in [0.3, 0.4) is 0 Å². The van der Waals surface area contributed by atoms with Crippen LogP contribution in [0.25, 0.3) is 0 Å². The highest BCUT2D eigenvalue weighted by Crippen LogP contribution is 2.36. The first-order valence-corrected chi connectivity index (χ1v) is 8.41. The molecular formula is C14H19NO4S. The maximum atomic E-state index is 11.0. The summed E-state index contributed by atoms with van der Waals surface area (Å²) in [6, 6.07) is 5.89. The van der Waals surface area contributed by atoms with Crippen molar-refractivity contribution in [2.45, 2.75) is 32.1 Å². The van der Waals surface area contributed by atoms with E-state index in [1.165, 1.54) is 18.1 Å². The summed E-state index contributed by atoms with van der Waals surface area (Å²) >= 11 is 0. The van der Waals surface area contributed by atoms with Crippen molar-refractivity contribution in [3.8, 4) is 0 Å². The molecule has 1 amide bonds. The number of carbonyl (C=O) groups excluding carboxylic acids is 1. The van der Waals surface area contributed by atoms with E-state index in [2.05, 4.69) is 5.32 Å². The third-order valence-electron chi connectivity index (χ3n) is 3.43. The van der Waals surface area contributed by atoms with Gasteiger partial charge in [-0.05, 0) is 48.4 Å². The van der Waals surface area contributed by atoms with Gasteiger partial charge in [-0.1, -0.05) is 6.07 Å². The van der Waals surface area contributed by atoms with Crippen LogP contribution in [0.5, 0.6) is 0 Å². The summed E-state index contributed by atoms with van der Waals surface area (Å²) < 4.78 is 26.7. The molecule has 1 N–H and O–H groups in total. The standard InChI is InChI=1S/C14H19NO4S/c1-10(16)15-13-5-6-14-11(3-4-12(14)9-13)7-8-19-20(2,17)18/h5-6,9,11H,3-4,7-8H2,1-2H3,(H,15,16). The summed E-state index contributed by atoms with van der Waals surface area (Å²) in [5, 5.41) is 2.77. The molecule has 1 atom stereocenters. The van der Waals surface area contributed by atoms with Gasteiger partial charge in [0.15, 0.2) is 0 Å². The van der Waals surface area contributed by atoms with E-state index in [1.54, 1.807) is 0 Å². The fourth-order valence-electron chi connectivity index (χ4n) is 2.63. The van der Waals surface area contributed by atoms with E-state index in [9.17, 15) is 13.2 Å². The quantitative estimate of drug-likeness (QED) is 0.844. The fourth-order valence-corrected chi connectivity index (χ4v) is 3.03. The summed E-state index contributed by atoms with van der Waals surface area (Å²) in [7, 11) is -3.36. The van der Waals surface area contributed by atoms with Crippen LogP contribution in [0, 0.1) is 0 Å². The molecule has 6 heteroatoms. The lowest BCUT2D eigenvalue weighted by atomic mass is 9.98. The number of anilines is 1. The number of hydrogen-bond donors (Lipinski definition) is 1. The van der Waals surface area contributed by atoms with Gasteiger partial charge in [-0.3, -0.25) is 8.98 Å². The molecule has 0 bridgehead atoms. The van der Waals surface area contributed by atoms with Gasteiger partial charge >= 0.3 is 0 Å². The Morgan fingerprint density at radius 2 is 2.20 bits per heavy atom. The van der Waals surface area contributed by atoms with Crippen LogP contribution in [0.2, 0.25) is 0 Å². The molecule has 1 aliphatic rings. The number of carbonyl (C=O) groups is 1. The van der Waals surface area contributed by atoms with Crippen molar-refractivity contribution in [2.24, 2.45) is 0 Å². The normalized spacial score (nSPS) is 17.8. The van der Waals surface area contributed by atoms with Crippen LogP contribution < -0.4 is 5.32 Å². The van der Waals surface area contributed by atoms with Gasteiger partial charge in [-0.2, -0.15) is 8.42 Å². The number of amides is 1. The Hall–Kier alpha value is -1.40. The molecule has 110 valence electrons. The van der Waals surface area contributed by atoms with Crippen molar-refractivity contribution in [3.05, 3.63) is 29.3 Å². The Bertz CT molecular complexity index is 610. The van der Waals surface area contributed by atoms with E-state index in [1.807, 2.05) is 18.2 Å². The van der Waals surface area contributed by atoms with E-state index >= 15 is 0 Å². The van der Waals surface area contributed by atoms with Gasteiger partial charge in [0.25, 0.3) is 10.1 Å². The highest BCUT2D eigenvalue weighted by atomic mass is 32.2. The third kappa shape index (κ3) is 4.05. The summed E-state index contributed by atoms with van der Waals surface area (Å²) in [6.45, 7) is 1.70. The molecule has 0 fully saturated rings. The van der Waals surface area contributed by atoms with Crippen molar-refractivity contribution in [2.75, 3.05) is 18.2 Å². The van der Waals surface area contributed by atoms with Crippen LogP contribution in [0.15, 0.2) is 18.2 Å². The average molecular weight is 297 g/mol. The number of nitrogens with one attached hydrogen (secondary N) is 1. The lowest BCUT2D eigenvalue weighted by Gasteiger charge is -2.12. The predicted molar refractivity (Wildman–Crippen MR) is 77.2 cm³/mol. The lowest BCUT2D eigenvalue weighted by Crippen LogP contribution is -2.07.